The average molecular weight is 320 g/mol. The summed E-state index contributed by atoms with van der Waals surface area (Å²) in [6.07, 6.45) is 2.65. The number of anilines is 1. The Hall–Kier alpha value is -2.31. The van der Waals surface area contributed by atoms with Gasteiger partial charge in [0.1, 0.15) is 5.82 Å². The van der Waals surface area contributed by atoms with E-state index < -0.39 is 5.97 Å². The molecule has 0 atom stereocenters. The van der Waals surface area contributed by atoms with Gasteiger partial charge in [-0.1, -0.05) is 6.07 Å². The zero-order chi connectivity index (χ0) is 16.8. The number of pyridine rings is 1. The van der Waals surface area contributed by atoms with Crippen LogP contribution >= 0.6 is 0 Å². The van der Waals surface area contributed by atoms with Crippen LogP contribution in [0.25, 0.3) is 0 Å². The Morgan fingerprint density at radius 3 is 2.57 bits per heavy atom. The molecule has 0 saturated heterocycles. The standard InChI is InChI=1S/C16H24N4O3/c1-20(2)14-5-3-4-13(18-14)10-17-16(23)19-12-8-6-11(7-9-12)15(21)22/h3-5,11-12H,6-10H2,1-2H3,(H,21,22)(H2,17,19,23). The molecule has 1 aromatic heterocycles. The van der Waals surface area contributed by atoms with E-state index in [0.717, 1.165) is 11.5 Å². The topological polar surface area (TPSA) is 94.6 Å². The van der Waals surface area contributed by atoms with Crippen LogP contribution in [0.5, 0.6) is 0 Å². The third-order valence-electron chi connectivity index (χ3n) is 4.09. The number of urea groups is 1. The quantitative estimate of drug-likeness (QED) is 0.766. The van der Waals surface area contributed by atoms with Crippen LogP contribution in [0.1, 0.15) is 31.4 Å². The van der Waals surface area contributed by atoms with E-state index in [0.29, 0.717) is 32.2 Å². The third kappa shape index (κ3) is 5.12. The van der Waals surface area contributed by atoms with Gasteiger partial charge in [0.25, 0.3) is 0 Å². The van der Waals surface area contributed by atoms with Gasteiger partial charge in [0.05, 0.1) is 18.2 Å². The van der Waals surface area contributed by atoms with Gasteiger partial charge in [0.15, 0.2) is 0 Å². The molecule has 2 rings (SSSR count). The van der Waals surface area contributed by atoms with Gasteiger partial charge in [0, 0.05) is 20.1 Å². The van der Waals surface area contributed by atoms with E-state index in [1.165, 1.54) is 0 Å². The summed E-state index contributed by atoms with van der Waals surface area (Å²) in [5.41, 5.74) is 0.793. The highest BCUT2D eigenvalue weighted by atomic mass is 16.4. The fraction of sp³-hybridized carbons (Fsp3) is 0.562. The molecule has 23 heavy (non-hydrogen) atoms. The van der Waals surface area contributed by atoms with Crippen LogP contribution < -0.4 is 15.5 Å². The minimum atomic E-state index is -0.736. The molecule has 126 valence electrons. The highest BCUT2D eigenvalue weighted by Gasteiger charge is 2.26. The molecule has 2 amide bonds. The predicted molar refractivity (Wildman–Crippen MR) is 87.3 cm³/mol. The first kappa shape index (κ1) is 17.1. The molecule has 0 bridgehead atoms. The number of hydrogen-bond donors (Lipinski definition) is 3. The van der Waals surface area contributed by atoms with Crippen LogP contribution in [0.2, 0.25) is 0 Å². The molecule has 3 N–H and O–H groups in total. The maximum atomic E-state index is 11.9. The molecule has 0 aliphatic heterocycles. The molecule has 0 spiro atoms. The lowest BCUT2D eigenvalue weighted by Gasteiger charge is -2.26. The number of nitrogens with zero attached hydrogens (tertiary/aromatic N) is 2. The number of amides is 2. The highest BCUT2D eigenvalue weighted by Crippen LogP contribution is 2.24. The van der Waals surface area contributed by atoms with Crippen molar-refractivity contribution in [2.45, 2.75) is 38.3 Å². The van der Waals surface area contributed by atoms with Crippen LogP contribution in [-0.4, -0.2) is 42.2 Å². The molecule has 1 aliphatic rings. The Labute approximate surface area is 136 Å². The second-order valence-corrected chi connectivity index (χ2v) is 6.10. The van der Waals surface area contributed by atoms with Gasteiger partial charge in [-0.3, -0.25) is 4.79 Å². The molecule has 1 saturated carbocycles. The number of carbonyl (C=O) groups excluding carboxylic acids is 1. The summed E-state index contributed by atoms with van der Waals surface area (Å²) in [5, 5.41) is 14.7. The maximum Gasteiger partial charge on any atom is 0.315 e. The first-order valence-electron chi connectivity index (χ1n) is 7.86. The van der Waals surface area contributed by atoms with Crippen LogP contribution in [0.15, 0.2) is 18.2 Å². The fourth-order valence-electron chi connectivity index (χ4n) is 2.71. The van der Waals surface area contributed by atoms with Crippen molar-refractivity contribution in [3.63, 3.8) is 0 Å². The number of aromatic nitrogens is 1. The van der Waals surface area contributed by atoms with Crippen molar-refractivity contribution in [1.29, 1.82) is 0 Å². The fourth-order valence-corrected chi connectivity index (χ4v) is 2.71. The lowest BCUT2D eigenvalue weighted by Crippen LogP contribution is -2.44. The van der Waals surface area contributed by atoms with E-state index in [2.05, 4.69) is 15.6 Å². The zero-order valence-corrected chi connectivity index (χ0v) is 13.6. The number of aliphatic carboxylic acids is 1. The molecule has 7 heteroatoms. The largest absolute Gasteiger partial charge is 0.481 e. The Morgan fingerprint density at radius 1 is 1.26 bits per heavy atom. The molecule has 1 aliphatic carbocycles. The lowest BCUT2D eigenvalue weighted by molar-refractivity contribution is -0.142. The van der Waals surface area contributed by atoms with E-state index in [9.17, 15) is 9.59 Å². The summed E-state index contributed by atoms with van der Waals surface area (Å²) < 4.78 is 0. The molecular weight excluding hydrogens is 296 g/mol. The van der Waals surface area contributed by atoms with Crippen molar-refractivity contribution in [2.75, 3.05) is 19.0 Å². The number of nitrogens with one attached hydrogen (secondary N) is 2. The van der Waals surface area contributed by atoms with E-state index in [1.807, 2.05) is 37.2 Å². The predicted octanol–water partition coefficient (Wildman–Crippen LogP) is 1.59. The number of hydrogen-bond acceptors (Lipinski definition) is 4. The first-order valence-corrected chi connectivity index (χ1v) is 7.86. The normalized spacial score (nSPS) is 20.6. The van der Waals surface area contributed by atoms with Crippen molar-refractivity contribution in [1.82, 2.24) is 15.6 Å². The summed E-state index contributed by atoms with van der Waals surface area (Å²) in [6, 6.07) is 5.49. The van der Waals surface area contributed by atoms with Gasteiger partial charge in [-0.2, -0.15) is 0 Å². The summed E-state index contributed by atoms with van der Waals surface area (Å²) in [4.78, 5) is 29.2. The van der Waals surface area contributed by atoms with Gasteiger partial charge in [-0.25, -0.2) is 9.78 Å². The van der Waals surface area contributed by atoms with Crippen molar-refractivity contribution < 1.29 is 14.7 Å². The first-order chi connectivity index (χ1) is 11.0. The summed E-state index contributed by atoms with van der Waals surface area (Å²) in [5.74, 6) is -0.162. The highest BCUT2D eigenvalue weighted by molar-refractivity contribution is 5.74. The van der Waals surface area contributed by atoms with Gasteiger partial charge in [-0.15, -0.1) is 0 Å². The molecule has 0 unspecified atom stereocenters. The minimum Gasteiger partial charge on any atom is -0.481 e. The molecular formula is C16H24N4O3. The molecule has 7 nitrogen and oxygen atoms in total. The number of carboxylic acids is 1. The molecule has 1 fully saturated rings. The van der Waals surface area contributed by atoms with E-state index in [4.69, 9.17) is 5.11 Å². The second kappa shape index (κ2) is 7.80. The van der Waals surface area contributed by atoms with Crippen molar-refractivity contribution in [2.24, 2.45) is 5.92 Å². The Morgan fingerprint density at radius 2 is 1.96 bits per heavy atom. The SMILES string of the molecule is CN(C)c1cccc(CNC(=O)NC2CCC(C(=O)O)CC2)n1. The minimum absolute atomic E-state index is 0.0478. The molecule has 1 heterocycles. The molecule has 0 radical (unpaired) electrons. The van der Waals surface area contributed by atoms with Gasteiger partial charge >= 0.3 is 12.0 Å². The van der Waals surface area contributed by atoms with E-state index in [-0.39, 0.29) is 18.0 Å². The second-order valence-electron chi connectivity index (χ2n) is 6.10. The van der Waals surface area contributed by atoms with E-state index in [1.54, 1.807) is 0 Å². The monoisotopic (exact) mass is 320 g/mol. The third-order valence-corrected chi connectivity index (χ3v) is 4.09. The lowest BCUT2D eigenvalue weighted by atomic mass is 9.86. The number of carbonyl (C=O) groups is 2. The zero-order valence-electron chi connectivity index (χ0n) is 13.6. The maximum absolute atomic E-state index is 11.9. The summed E-state index contributed by atoms with van der Waals surface area (Å²) in [6.45, 7) is 0.359. The number of rotatable bonds is 5. The molecule has 0 aromatic carbocycles. The smallest absolute Gasteiger partial charge is 0.315 e. The Balaban J connectivity index is 1.75. The summed E-state index contributed by atoms with van der Waals surface area (Å²) in [7, 11) is 3.83. The van der Waals surface area contributed by atoms with Crippen LogP contribution in [-0.2, 0) is 11.3 Å². The van der Waals surface area contributed by atoms with Crippen molar-refractivity contribution >= 4 is 17.8 Å². The van der Waals surface area contributed by atoms with Crippen LogP contribution in [0, 0.1) is 5.92 Å². The van der Waals surface area contributed by atoms with Gasteiger partial charge in [0.2, 0.25) is 0 Å². The van der Waals surface area contributed by atoms with Gasteiger partial charge in [-0.05, 0) is 37.8 Å². The van der Waals surface area contributed by atoms with Crippen molar-refractivity contribution in [3.8, 4) is 0 Å². The average Bonchev–Trinajstić information content (AvgIpc) is 2.53. The summed E-state index contributed by atoms with van der Waals surface area (Å²) >= 11 is 0. The van der Waals surface area contributed by atoms with E-state index >= 15 is 0 Å². The van der Waals surface area contributed by atoms with Crippen molar-refractivity contribution in [3.05, 3.63) is 23.9 Å². The van der Waals surface area contributed by atoms with Gasteiger partial charge < -0.3 is 20.6 Å². The Kier molecular flexibility index (Phi) is 5.78. The molecule has 1 aromatic rings. The number of carboxylic acid groups (broad SMARTS) is 1. The van der Waals surface area contributed by atoms with Crippen LogP contribution in [0.3, 0.4) is 0 Å². The Bertz CT molecular complexity index is 554. The van der Waals surface area contributed by atoms with Crippen LogP contribution in [0.4, 0.5) is 10.6 Å².